The lowest BCUT2D eigenvalue weighted by Gasteiger charge is -2.27. The normalized spacial score (nSPS) is 27.5. The van der Waals surface area contributed by atoms with Gasteiger partial charge in [-0.3, -0.25) is 0 Å². The second kappa shape index (κ2) is 6.74. The highest BCUT2D eigenvalue weighted by atomic mass is 79.9. The molecule has 3 N–H and O–H groups in total. The van der Waals surface area contributed by atoms with Crippen LogP contribution in [0.3, 0.4) is 0 Å². The van der Waals surface area contributed by atoms with Crippen LogP contribution in [0.5, 0.6) is 0 Å². The third-order valence-electron chi connectivity index (χ3n) is 5.67. The Morgan fingerprint density at radius 3 is 2.96 bits per heavy atom. The van der Waals surface area contributed by atoms with E-state index >= 15 is 0 Å². The SMILES string of the molecule is NC1CC2C[C@H]2CC1c1sc2c(NCc3cccs3)cc(Cl)nc2c1Br. The average molecular weight is 469 g/mol. The maximum atomic E-state index is 6.53. The molecule has 0 amide bonds. The van der Waals surface area contributed by atoms with E-state index in [1.165, 1.54) is 22.6 Å². The van der Waals surface area contributed by atoms with Crippen molar-refractivity contribution < 1.29 is 0 Å². The van der Waals surface area contributed by atoms with Gasteiger partial charge in [0.15, 0.2) is 0 Å². The van der Waals surface area contributed by atoms with Crippen LogP contribution in [0, 0.1) is 11.8 Å². The molecule has 2 aliphatic carbocycles. The summed E-state index contributed by atoms with van der Waals surface area (Å²) in [6, 6.07) is 6.40. The number of nitrogens with zero attached hydrogens (tertiary/aromatic N) is 1. The molecule has 0 radical (unpaired) electrons. The van der Waals surface area contributed by atoms with Crippen molar-refractivity contribution in [2.45, 2.75) is 37.8 Å². The zero-order valence-corrected chi connectivity index (χ0v) is 18.0. The number of fused-ring (bicyclic) bond motifs is 2. The van der Waals surface area contributed by atoms with Gasteiger partial charge in [0, 0.05) is 34.3 Å². The number of aromatic nitrogens is 1. The fourth-order valence-electron chi connectivity index (χ4n) is 4.19. The highest BCUT2D eigenvalue weighted by molar-refractivity contribution is 9.10. The number of rotatable bonds is 4. The Kier molecular flexibility index (Phi) is 4.52. The van der Waals surface area contributed by atoms with Crippen LogP contribution >= 0.6 is 50.2 Å². The van der Waals surface area contributed by atoms with Crippen molar-refractivity contribution >= 4 is 66.1 Å². The molecule has 7 heteroatoms. The minimum absolute atomic E-state index is 0.251. The minimum atomic E-state index is 0.251. The third kappa shape index (κ3) is 3.10. The van der Waals surface area contributed by atoms with E-state index in [2.05, 4.69) is 43.7 Å². The van der Waals surface area contributed by atoms with Gasteiger partial charge in [-0.25, -0.2) is 4.98 Å². The molecule has 3 unspecified atom stereocenters. The molecule has 3 aromatic rings. The molecular formula is C19H19BrClN3S2. The Morgan fingerprint density at radius 2 is 2.15 bits per heavy atom. The first-order chi connectivity index (χ1) is 12.6. The van der Waals surface area contributed by atoms with E-state index in [0.717, 1.165) is 45.2 Å². The first kappa shape index (κ1) is 17.4. The summed E-state index contributed by atoms with van der Waals surface area (Å²) in [7, 11) is 0. The Labute approximate surface area is 174 Å². The summed E-state index contributed by atoms with van der Waals surface area (Å²) in [6.45, 7) is 0.796. The van der Waals surface area contributed by atoms with Gasteiger partial charge < -0.3 is 11.1 Å². The number of thiophene rings is 2. The smallest absolute Gasteiger partial charge is 0.131 e. The molecule has 2 saturated carbocycles. The number of pyridine rings is 1. The Bertz CT molecular complexity index is 956. The second-order valence-corrected chi connectivity index (χ2v) is 10.6. The summed E-state index contributed by atoms with van der Waals surface area (Å²) >= 11 is 13.7. The molecule has 3 nitrogen and oxygen atoms in total. The van der Waals surface area contributed by atoms with Gasteiger partial charge in [0.1, 0.15) is 5.15 Å². The van der Waals surface area contributed by atoms with Crippen molar-refractivity contribution in [1.29, 1.82) is 0 Å². The lowest BCUT2D eigenvalue weighted by molar-refractivity contribution is 0.372. The van der Waals surface area contributed by atoms with Gasteiger partial charge in [0.2, 0.25) is 0 Å². The molecular weight excluding hydrogens is 450 g/mol. The van der Waals surface area contributed by atoms with Gasteiger partial charge in [-0.1, -0.05) is 17.7 Å². The molecule has 26 heavy (non-hydrogen) atoms. The summed E-state index contributed by atoms with van der Waals surface area (Å²) < 4.78 is 2.25. The van der Waals surface area contributed by atoms with Gasteiger partial charge in [-0.2, -0.15) is 0 Å². The number of anilines is 1. The predicted molar refractivity (Wildman–Crippen MR) is 116 cm³/mol. The van der Waals surface area contributed by atoms with E-state index in [4.69, 9.17) is 17.3 Å². The molecule has 136 valence electrons. The quantitative estimate of drug-likeness (QED) is 0.446. The largest absolute Gasteiger partial charge is 0.379 e. The van der Waals surface area contributed by atoms with Crippen LogP contribution in [-0.2, 0) is 6.54 Å². The van der Waals surface area contributed by atoms with E-state index in [1.54, 1.807) is 11.3 Å². The summed E-state index contributed by atoms with van der Waals surface area (Å²) in [5.41, 5.74) is 8.54. The molecule has 4 atom stereocenters. The average Bonchev–Trinajstić information content (AvgIpc) is 3.02. The first-order valence-electron chi connectivity index (χ1n) is 8.90. The fraction of sp³-hybridized carbons (Fsp3) is 0.421. The summed E-state index contributed by atoms with van der Waals surface area (Å²) in [6.07, 6.45) is 3.74. The number of halogens is 2. The molecule has 3 aromatic heterocycles. The number of nitrogens with one attached hydrogen (secondary N) is 1. The second-order valence-electron chi connectivity index (χ2n) is 7.38. The molecule has 0 spiro atoms. The molecule has 2 fully saturated rings. The molecule has 2 aliphatic rings. The predicted octanol–water partition coefficient (Wildman–Crippen LogP) is 6.23. The molecule has 5 rings (SSSR count). The van der Waals surface area contributed by atoms with Crippen LogP contribution in [0.2, 0.25) is 5.15 Å². The molecule has 0 aliphatic heterocycles. The lowest BCUT2D eigenvalue weighted by Crippen LogP contribution is -2.32. The van der Waals surface area contributed by atoms with Crippen LogP contribution in [0.15, 0.2) is 28.1 Å². The van der Waals surface area contributed by atoms with Gasteiger partial charge in [0.05, 0.1) is 20.4 Å². The van der Waals surface area contributed by atoms with Gasteiger partial charge in [-0.05, 0) is 58.5 Å². The van der Waals surface area contributed by atoms with Crippen LogP contribution in [0.4, 0.5) is 5.69 Å². The summed E-state index contributed by atoms with van der Waals surface area (Å²) in [4.78, 5) is 7.24. The standard InChI is InChI=1S/C19H19BrClN3S2/c20-16-17-19(26-18(16)12-5-9-4-10(9)6-13(12)22)14(7-15(21)24-17)23-8-11-2-1-3-25-11/h1-3,7,9-10,12-13H,4-6,8,22H2,(H,23,24)/t9-,10?,12?,13?/m0/s1. The van der Waals surface area contributed by atoms with Gasteiger partial charge >= 0.3 is 0 Å². The van der Waals surface area contributed by atoms with Crippen molar-refractivity contribution in [3.63, 3.8) is 0 Å². The molecule has 3 heterocycles. The summed E-state index contributed by atoms with van der Waals surface area (Å²) in [5, 5.41) is 6.17. The van der Waals surface area contributed by atoms with Crippen molar-refractivity contribution in [2.24, 2.45) is 17.6 Å². The minimum Gasteiger partial charge on any atom is -0.379 e. The van der Waals surface area contributed by atoms with Crippen LogP contribution < -0.4 is 11.1 Å². The molecule has 0 aromatic carbocycles. The highest BCUT2D eigenvalue weighted by Gasteiger charge is 2.46. The Morgan fingerprint density at radius 1 is 1.31 bits per heavy atom. The van der Waals surface area contributed by atoms with E-state index in [1.807, 2.05) is 17.4 Å². The summed E-state index contributed by atoms with van der Waals surface area (Å²) in [5.74, 6) is 2.19. The van der Waals surface area contributed by atoms with Crippen LogP contribution in [-0.4, -0.2) is 11.0 Å². The Hall–Kier alpha value is -0.660. The van der Waals surface area contributed by atoms with E-state index in [0.29, 0.717) is 11.1 Å². The van der Waals surface area contributed by atoms with Gasteiger partial charge in [0.25, 0.3) is 0 Å². The maximum absolute atomic E-state index is 6.53. The molecule has 0 saturated heterocycles. The lowest BCUT2D eigenvalue weighted by atomic mass is 9.84. The zero-order chi connectivity index (χ0) is 17.8. The van der Waals surface area contributed by atoms with E-state index in [9.17, 15) is 0 Å². The number of nitrogens with two attached hydrogens (primary N) is 1. The first-order valence-corrected chi connectivity index (χ1v) is 11.8. The van der Waals surface area contributed by atoms with Crippen LogP contribution in [0.1, 0.15) is 34.9 Å². The third-order valence-corrected chi connectivity index (χ3v) is 9.14. The van der Waals surface area contributed by atoms with Crippen molar-refractivity contribution in [2.75, 3.05) is 5.32 Å². The number of hydrogen-bond donors (Lipinski definition) is 2. The van der Waals surface area contributed by atoms with Gasteiger partial charge in [-0.15, -0.1) is 22.7 Å². The Balaban J connectivity index is 1.52. The van der Waals surface area contributed by atoms with E-state index in [-0.39, 0.29) is 6.04 Å². The van der Waals surface area contributed by atoms with Crippen molar-refractivity contribution in [3.05, 3.63) is 43.0 Å². The maximum Gasteiger partial charge on any atom is 0.131 e. The highest BCUT2D eigenvalue weighted by Crippen LogP contribution is 2.56. The van der Waals surface area contributed by atoms with Crippen molar-refractivity contribution in [3.8, 4) is 0 Å². The van der Waals surface area contributed by atoms with Crippen molar-refractivity contribution in [1.82, 2.24) is 4.98 Å². The topological polar surface area (TPSA) is 50.9 Å². The van der Waals surface area contributed by atoms with E-state index < -0.39 is 0 Å². The number of hydrogen-bond acceptors (Lipinski definition) is 5. The fourth-order valence-corrected chi connectivity index (χ4v) is 7.30. The van der Waals surface area contributed by atoms with Crippen LogP contribution in [0.25, 0.3) is 10.2 Å². The molecule has 0 bridgehead atoms. The zero-order valence-electron chi connectivity index (χ0n) is 14.0. The monoisotopic (exact) mass is 467 g/mol.